The Morgan fingerprint density at radius 1 is 1.40 bits per heavy atom. The second-order valence-electron chi connectivity index (χ2n) is 3.98. The van der Waals surface area contributed by atoms with E-state index in [0.717, 1.165) is 16.5 Å². The zero-order chi connectivity index (χ0) is 11.0. The molecule has 2 aromatic rings. The minimum Gasteiger partial charge on any atom is -0.507 e. The number of hydrogen-bond acceptors (Lipinski definition) is 2. The minimum absolute atomic E-state index is 0.343. The Bertz CT molecular complexity index is 488. The number of phenols is 1. The lowest BCUT2D eigenvalue weighted by molar-refractivity contribution is 0.481. The van der Waals surface area contributed by atoms with Gasteiger partial charge in [0.05, 0.1) is 5.52 Å². The second kappa shape index (κ2) is 3.81. The Hall–Kier alpha value is -1.09. The van der Waals surface area contributed by atoms with Gasteiger partial charge in [-0.05, 0) is 31.5 Å². The van der Waals surface area contributed by atoms with Crippen molar-refractivity contribution in [3.05, 3.63) is 30.0 Å². The van der Waals surface area contributed by atoms with Gasteiger partial charge >= 0.3 is 0 Å². The van der Waals surface area contributed by atoms with Gasteiger partial charge in [-0.1, -0.05) is 6.07 Å². The molecule has 3 heteroatoms. The van der Waals surface area contributed by atoms with E-state index in [1.807, 2.05) is 12.1 Å². The van der Waals surface area contributed by atoms with Crippen LogP contribution in [0.15, 0.2) is 24.4 Å². The van der Waals surface area contributed by atoms with Gasteiger partial charge in [0, 0.05) is 23.4 Å². The average molecular weight is 221 g/mol. The predicted molar refractivity (Wildman–Crippen MR) is 66.7 cm³/mol. The van der Waals surface area contributed by atoms with E-state index in [1.54, 1.807) is 6.07 Å². The van der Waals surface area contributed by atoms with Crippen LogP contribution in [0.2, 0.25) is 0 Å². The van der Waals surface area contributed by atoms with Crippen molar-refractivity contribution in [3.63, 3.8) is 0 Å². The molecule has 0 radical (unpaired) electrons. The largest absolute Gasteiger partial charge is 0.507 e. The van der Waals surface area contributed by atoms with Crippen molar-refractivity contribution in [1.82, 2.24) is 4.57 Å². The highest BCUT2D eigenvalue weighted by atomic mass is 32.1. The van der Waals surface area contributed by atoms with E-state index in [1.165, 1.54) is 0 Å². The van der Waals surface area contributed by atoms with Crippen LogP contribution >= 0.6 is 12.6 Å². The Kier molecular flexibility index (Phi) is 2.65. The van der Waals surface area contributed by atoms with Crippen molar-refractivity contribution in [1.29, 1.82) is 0 Å². The molecule has 0 spiro atoms. The summed E-state index contributed by atoms with van der Waals surface area (Å²) in [5, 5.41) is 10.8. The summed E-state index contributed by atoms with van der Waals surface area (Å²) < 4.78 is 2.17. The lowest BCUT2D eigenvalue weighted by Crippen LogP contribution is -1.97. The Labute approximate surface area is 94.9 Å². The van der Waals surface area contributed by atoms with Gasteiger partial charge in [-0.15, -0.1) is 0 Å². The van der Waals surface area contributed by atoms with Crippen molar-refractivity contribution in [2.75, 3.05) is 0 Å². The van der Waals surface area contributed by atoms with Crippen molar-refractivity contribution in [2.24, 2.45) is 0 Å². The van der Waals surface area contributed by atoms with Crippen LogP contribution in [0.4, 0.5) is 0 Å². The molecule has 1 heterocycles. The van der Waals surface area contributed by atoms with E-state index >= 15 is 0 Å². The van der Waals surface area contributed by atoms with Crippen LogP contribution in [-0.4, -0.2) is 9.67 Å². The summed E-state index contributed by atoms with van der Waals surface area (Å²) in [5.74, 6) is 0.990. The molecule has 1 aromatic heterocycles. The van der Waals surface area contributed by atoms with Gasteiger partial charge in [0.15, 0.2) is 0 Å². The highest BCUT2D eigenvalue weighted by Crippen LogP contribution is 2.32. The van der Waals surface area contributed by atoms with Crippen LogP contribution in [0, 0.1) is 0 Å². The van der Waals surface area contributed by atoms with E-state index in [4.69, 9.17) is 0 Å². The molecule has 0 amide bonds. The number of rotatable bonds is 2. The molecule has 0 aliphatic rings. The first kappa shape index (κ1) is 10.4. The van der Waals surface area contributed by atoms with Crippen molar-refractivity contribution in [3.8, 4) is 5.75 Å². The standard InChI is InChI=1S/C12H15NOS/c1-8(2)13-6-9(7-15)12-10(13)4-3-5-11(12)14/h3-6,8,14-15H,7H2,1-2H3. The number of phenolic OH excluding ortho intramolecular Hbond substituents is 1. The first-order valence-corrected chi connectivity index (χ1v) is 5.70. The topological polar surface area (TPSA) is 25.2 Å². The molecule has 2 nitrogen and oxygen atoms in total. The van der Waals surface area contributed by atoms with E-state index in [2.05, 4.69) is 37.2 Å². The molecule has 0 atom stereocenters. The molecule has 0 aliphatic heterocycles. The fourth-order valence-electron chi connectivity index (χ4n) is 1.92. The average Bonchev–Trinajstić information content (AvgIpc) is 2.58. The van der Waals surface area contributed by atoms with E-state index in [9.17, 15) is 5.11 Å². The summed E-state index contributed by atoms with van der Waals surface area (Å²) in [5.41, 5.74) is 2.16. The maximum Gasteiger partial charge on any atom is 0.125 e. The first-order chi connectivity index (χ1) is 7.15. The van der Waals surface area contributed by atoms with Crippen LogP contribution in [0.1, 0.15) is 25.5 Å². The third-order valence-electron chi connectivity index (χ3n) is 2.64. The molecule has 0 fully saturated rings. The minimum atomic E-state index is 0.343. The highest BCUT2D eigenvalue weighted by molar-refractivity contribution is 7.79. The van der Waals surface area contributed by atoms with Crippen LogP contribution in [-0.2, 0) is 5.75 Å². The van der Waals surface area contributed by atoms with Crippen molar-refractivity contribution < 1.29 is 5.11 Å². The van der Waals surface area contributed by atoms with Crippen LogP contribution in [0.5, 0.6) is 5.75 Å². The molecule has 0 saturated carbocycles. The molecule has 1 aromatic carbocycles. The molecule has 1 N–H and O–H groups in total. The van der Waals surface area contributed by atoms with Crippen LogP contribution in [0.3, 0.4) is 0 Å². The van der Waals surface area contributed by atoms with Crippen LogP contribution < -0.4 is 0 Å². The third kappa shape index (κ3) is 1.61. The lowest BCUT2D eigenvalue weighted by atomic mass is 10.2. The van der Waals surface area contributed by atoms with E-state index in [0.29, 0.717) is 17.5 Å². The van der Waals surface area contributed by atoms with Crippen molar-refractivity contribution in [2.45, 2.75) is 25.6 Å². The van der Waals surface area contributed by atoms with Gasteiger partial charge in [0.2, 0.25) is 0 Å². The number of aromatic nitrogens is 1. The number of fused-ring (bicyclic) bond motifs is 1. The number of hydrogen-bond donors (Lipinski definition) is 2. The van der Waals surface area contributed by atoms with Gasteiger partial charge in [-0.25, -0.2) is 0 Å². The first-order valence-electron chi connectivity index (χ1n) is 5.07. The molecule has 0 aliphatic carbocycles. The predicted octanol–water partition coefficient (Wildman–Crippen LogP) is 3.36. The smallest absolute Gasteiger partial charge is 0.125 e. The quantitative estimate of drug-likeness (QED) is 0.747. The maximum absolute atomic E-state index is 9.83. The molecule has 80 valence electrons. The summed E-state index contributed by atoms with van der Waals surface area (Å²) in [4.78, 5) is 0. The number of aromatic hydroxyl groups is 1. The normalized spacial score (nSPS) is 11.5. The summed E-state index contributed by atoms with van der Waals surface area (Å²) in [6.07, 6.45) is 2.07. The summed E-state index contributed by atoms with van der Waals surface area (Å²) in [6.45, 7) is 4.26. The van der Waals surface area contributed by atoms with Gasteiger partial charge < -0.3 is 9.67 Å². The van der Waals surface area contributed by atoms with Crippen molar-refractivity contribution >= 4 is 23.5 Å². The Morgan fingerprint density at radius 3 is 2.73 bits per heavy atom. The van der Waals surface area contributed by atoms with Gasteiger partial charge in [0.25, 0.3) is 0 Å². The highest BCUT2D eigenvalue weighted by Gasteiger charge is 2.12. The second-order valence-corrected chi connectivity index (χ2v) is 4.30. The summed E-state index contributed by atoms with van der Waals surface area (Å²) in [7, 11) is 0. The molecule has 0 bridgehead atoms. The lowest BCUT2D eigenvalue weighted by Gasteiger charge is -2.08. The summed E-state index contributed by atoms with van der Waals surface area (Å²) >= 11 is 4.29. The Balaban J connectivity index is 2.81. The number of thiol groups is 1. The zero-order valence-electron chi connectivity index (χ0n) is 8.94. The van der Waals surface area contributed by atoms with E-state index < -0.39 is 0 Å². The fraction of sp³-hybridized carbons (Fsp3) is 0.333. The Morgan fingerprint density at radius 2 is 2.13 bits per heavy atom. The molecule has 2 rings (SSSR count). The summed E-state index contributed by atoms with van der Waals surface area (Å²) in [6, 6.07) is 6.02. The monoisotopic (exact) mass is 221 g/mol. The number of benzene rings is 1. The molecule has 15 heavy (non-hydrogen) atoms. The molecular weight excluding hydrogens is 206 g/mol. The SMILES string of the molecule is CC(C)n1cc(CS)c2c(O)cccc21. The zero-order valence-corrected chi connectivity index (χ0v) is 9.83. The molecule has 0 unspecified atom stereocenters. The number of nitrogens with zero attached hydrogens (tertiary/aromatic N) is 1. The molecular formula is C12H15NOS. The van der Waals surface area contributed by atoms with Gasteiger partial charge in [0.1, 0.15) is 5.75 Å². The van der Waals surface area contributed by atoms with Gasteiger partial charge in [-0.3, -0.25) is 0 Å². The van der Waals surface area contributed by atoms with E-state index in [-0.39, 0.29) is 0 Å². The van der Waals surface area contributed by atoms with Gasteiger partial charge in [-0.2, -0.15) is 12.6 Å². The van der Waals surface area contributed by atoms with Crippen LogP contribution in [0.25, 0.3) is 10.9 Å². The third-order valence-corrected chi connectivity index (χ3v) is 2.98. The molecule has 0 saturated heterocycles. The fourth-order valence-corrected chi connectivity index (χ4v) is 2.16. The maximum atomic E-state index is 9.83.